The topological polar surface area (TPSA) is 33.5 Å². The number of alkyl halides is 1. The van der Waals surface area contributed by atoms with Gasteiger partial charge in [-0.25, -0.2) is 0 Å². The molecule has 96 valence electrons. The third-order valence-corrected chi connectivity index (χ3v) is 2.85. The lowest BCUT2D eigenvalue weighted by molar-refractivity contribution is -0.135. The van der Waals surface area contributed by atoms with Crippen molar-refractivity contribution in [3.05, 3.63) is 23.7 Å². The van der Waals surface area contributed by atoms with E-state index in [9.17, 15) is 4.79 Å². The van der Waals surface area contributed by atoms with Crippen molar-refractivity contribution in [3.8, 4) is 0 Å². The fourth-order valence-corrected chi connectivity index (χ4v) is 1.80. The highest BCUT2D eigenvalue weighted by Gasteiger charge is 2.31. The Morgan fingerprint density at radius 2 is 2.06 bits per heavy atom. The number of carbonyl (C=O) groups excluding carboxylic acids is 1. The molecule has 0 aliphatic rings. The number of nitrogens with zero attached hydrogens (tertiary/aromatic N) is 1. The minimum absolute atomic E-state index is 0.0709. The minimum Gasteiger partial charge on any atom is -0.464 e. The number of carbonyl (C=O) groups is 1. The molecule has 0 unspecified atom stereocenters. The SMILES string of the molecule is Cc1ccc(CN(C(=O)C(C)(C)Br)C(C)C)o1. The van der Waals surface area contributed by atoms with Crippen molar-refractivity contribution >= 4 is 21.8 Å². The van der Waals surface area contributed by atoms with Crippen LogP contribution in [0.4, 0.5) is 0 Å². The van der Waals surface area contributed by atoms with E-state index in [4.69, 9.17) is 4.42 Å². The first-order chi connectivity index (χ1) is 7.71. The third-order valence-electron chi connectivity index (χ3n) is 2.51. The molecule has 0 atom stereocenters. The van der Waals surface area contributed by atoms with E-state index in [0.29, 0.717) is 6.54 Å². The molecule has 4 heteroatoms. The van der Waals surface area contributed by atoms with Gasteiger partial charge in [-0.05, 0) is 46.8 Å². The predicted molar refractivity (Wildman–Crippen MR) is 72.1 cm³/mol. The van der Waals surface area contributed by atoms with Crippen molar-refractivity contribution < 1.29 is 9.21 Å². The molecule has 0 aliphatic carbocycles. The van der Waals surface area contributed by atoms with Gasteiger partial charge in [-0.1, -0.05) is 15.9 Å². The second kappa shape index (κ2) is 5.25. The monoisotopic (exact) mass is 301 g/mol. The van der Waals surface area contributed by atoms with Gasteiger partial charge in [0.25, 0.3) is 0 Å². The zero-order valence-corrected chi connectivity index (χ0v) is 12.7. The van der Waals surface area contributed by atoms with Crippen molar-refractivity contribution in [2.75, 3.05) is 0 Å². The molecule has 0 bridgehead atoms. The third kappa shape index (κ3) is 3.87. The maximum absolute atomic E-state index is 12.3. The normalized spacial score (nSPS) is 11.9. The highest BCUT2D eigenvalue weighted by atomic mass is 79.9. The first-order valence-electron chi connectivity index (χ1n) is 5.77. The largest absolute Gasteiger partial charge is 0.464 e. The Morgan fingerprint density at radius 3 is 2.41 bits per heavy atom. The van der Waals surface area contributed by atoms with E-state index in [1.54, 1.807) is 0 Å². The van der Waals surface area contributed by atoms with Crippen LogP contribution in [0.3, 0.4) is 0 Å². The van der Waals surface area contributed by atoms with Gasteiger partial charge in [-0.3, -0.25) is 4.79 Å². The van der Waals surface area contributed by atoms with Crippen LogP contribution in [0, 0.1) is 6.92 Å². The Kier molecular flexibility index (Phi) is 4.42. The molecular formula is C13H20BrNO2. The zero-order chi connectivity index (χ0) is 13.2. The molecule has 3 nitrogen and oxygen atoms in total. The van der Waals surface area contributed by atoms with Crippen molar-refractivity contribution in [2.24, 2.45) is 0 Å². The van der Waals surface area contributed by atoms with Crippen molar-refractivity contribution in [1.29, 1.82) is 0 Å². The molecular weight excluding hydrogens is 282 g/mol. The van der Waals surface area contributed by atoms with Crippen molar-refractivity contribution in [1.82, 2.24) is 4.90 Å². The molecule has 1 heterocycles. The summed E-state index contributed by atoms with van der Waals surface area (Å²) in [5.74, 6) is 1.76. The van der Waals surface area contributed by atoms with E-state index < -0.39 is 4.32 Å². The number of rotatable bonds is 4. The second-order valence-electron chi connectivity index (χ2n) is 5.01. The van der Waals surface area contributed by atoms with E-state index >= 15 is 0 Å². The molecule has 1 rings (SSSR count). The van der Waals surface area contributed by atoms with Crippen molar-refractivity contribution in [3.63, 3.8) is 0 Å². The van der Waals surface area contributed by atoms with E-state index in [0.717, 1.165) is 11.5 Å². The maximum atomic E-state index is 12.3. The van der Waals surface area contributed by atoms with Crippen LogP contribution in [0.1, 0.15) is 39.2 Å². The molecule has 1 amide bonds. The highest BCUT2D eigenvalue weighted by molar-refractivity contribution is 9.10. The first kappa shape index (κ1) is 14.3. The Balaban J connectivity index is 2.84. The maximum Gasteiger partial charge on any atom is 0.239 e. The molecule has 0 aromatic carbocycles. The Labute approximate surface area is 111 Å². The Hall–Kier alpha value is -0.770. The van der Waals surface area contributed by atoms with Crippen LogP contribution in [0.2, 0.25) is 0 Å². The molecule has 0 N–H and O–H groups in total. The smallest absolute Gasteiger partial charge is 0.239 e. The molecule has 0 saturated heterocycles. The lowest BCUT2D eigenvalue weighted by Gasteiger charge is -2.31. The number of hydrogen-bond acceptors (Lipinski definition) is 2. The number of halogens is 1. The molecule has 17 heavy (non-hydrogen) atoms. The van der Waals surface area contributed by atoms with Crippen LogP contribution in [0.25, 0.3) is 0 Å². The van der Waals surface area contributed by atoms with Gasteiger partial charge in [0.15, 0.2) is 0 Å². The summed E-state index contributed by atoms with van der Waals surface area (Å²) in [6.07, 6.45) is 0. The number of aryl methyl sites for hydroxylation is 1. The van der Waals surface area contributed by atoms with Crippen LogP contribution in [0.15, 0.2) is 16.5 Å². The summed E-state index contributed by atoms with van der Waals surface area (Å²) >= 11 is 3.41. The standard InChI is InChI=1S/C13H20BrNO2/c1-9(2)15(12(16)13(4,5)14)8-11-7-6-10(3)17-11/h6-7,9H,8H2,1-5H3. The summed E-state index contributed by atoms with van der Waals surface area (Å²) in [7, 11) is 0. The van der Waals surface area contributed by atoms with Crippen LogP contribution in [-0.2, 0) is 11.3 Å². The molecule has 0 spiro atoms. The number of hydrogen-bond donors (Lipinski definition) is 0. The first-order valence-corrected chi connectivity index (χ1v) is 6.56. The summed E-state index contributed by atoms with van der Waals surface area (Å²) in [5.41, 5.74) is 0. The molecule has 0 radical (unpaired) electrons. The molecule has 1 aromatic rings. The van der Waals surface area contributed by atoms with E-state index in [-0.39, 0.29) is 11.9 Å². The minimum atomic E-state index is -0.543. The van der Waals surface area contributed by atoms with Gasteiger partial charge in [0.1, 0.15) is 11.5 Å². The van der Waals surface area contributed by atoms with E-state index in [2.05, 4.69) is 15.9 Å². The van der Waals surface area contributed by atoms with Crippen LogP contribution >= 0.6 is 15.9 Å². The zero-order valence-electron chi connectivity index (χ0n) is 11.1. The fraction of sp³-hybridized carbons (Fsp3) is 0.615. The average molecular weight is 302 g/mol. The number of amides is 1. The van der Waals surface area contributed by atoms with Gasteiger partial charge < -0.3 is 9.32 Å². The average Bonchev–Trinajstić information content (AvgIpc) is 2.57. The summed E-state index contributed by atoms with van der Waals surface area (Å²) in [6.45, 7) is 10.1. The Morgan fingerprint density at radius 1 is 1.47 bits per heavy atom. The summed E-state index contributed by atoms with van der Waals surface area (Å²) in [4.78, 5) is 14.1. The molecule has 0 saturated carbocycles. The van der Waals surface area contributed by atoms with Gasteiger partial charge in [-0.15, -0.1) is 0 Å². The summed E-state index contributed by atoms with van der Waals surface area (Å²) < 4.78 is 4.98. The van der Waals surface area contributed by atoms with Gasteiger partial charge in [-0.2, -0.15) is 0 Å². The lowest BCUT2D eigenvalue weighted by atomic mass is 10.1. The van der Waals surface area contributed by atoms with Crippen molar-refractivity contribution in [2.45, 2.75) is 51.5 Å². The van der Waals surface area contributed by atoms with Gasteiger partial charge in [0.2, 0.25) is 5.91 Å². The predicted octanol–water partition coefficient (Wildman–Crippen LogP) is 3.50. The molecule has 0 fully saturated rings. The Bertz CT molecular complexity index is 390. The van der Waals surface area contributed by atoms with Crippen LogP contribution in [-0.4, -0.2) is 21.2 Å². The van der Waals surface area contributed by atoms with Gasteiger partial charge in [0, 0.05) is 6.04 Å². The quantitative estimate of drug-likeness (QED) is 0.798. The second-order valence-corrected chi connectivity index (χ2v) is 6.99. The van der Waals surface area contributed by atoms with E-state index in [1.165, 1.54) is 0 Å². The van der Waals surface area contributed by atoms with Gasteiger partial charge >= 0.3 is 0 Å². The fourth-order valence-electron chi connectivity index (χ4n) is 1.57. The summed E-state index contributed by atoms with van der Waals surface area (Å²) in [5, 5.41) is 0. The van der Waals surface area contributed by atoms with Crippen LogP contribution in [0.5, 0.6) is 0 Å². The molecule has 0 aliphatic heterocycles. The van der Waals surface area contributed by atoms with Gasteiger partial charge in [0.05, 0.1) is 10.9 Å². The summed E-state index contributed by atoms with van der Waals surface area (Å²) in [6, 6.07) is 3.97. The van der Waals surface area contributed by atoms with E-state index in [1.807, 2.05) is 51.7 Å². The molecule has 1 aromatic heterocycles. The van der Waals surface area contributed by atoms with Crippen LogP contribution < -0.4 is 0 Å². The lowest BCUT2D eigenvalue weighted by Crippen LogP contribution is -2.44. The number of furan rings is 1. The highest BCUT2D eigenvalue weighted by Crippen LogP contribution is 2.22.